The molecule has 3 unspecified atom stereocenters. The van der Waals surface area contributed by atoms with Crippen molar-refractivity contribution in [1.82, 2.24) is 4.90 Å². The number of rotatable bonds is 7. The second-order valence-electron chi connectivity index (χ2n) is 8.22. The number of carbonyl (C=O) groups excluding carboxylic acids is 1. The summed E-state index contributed by atoms with van der Waals surface area (Å²) in [6, 6.07) is 2.19. The average Bonchev–Trinajstić information content (AvgIpc) is 3.40. The molecule has 1 heterocycles. The topological polar surface area (TPSA) is 55.8 Å². The van der Waals surface area contributed by atoms with E-state index in [0.29, 0.717) is 24.4 Å². The van der Waals surface area contributed by atoms with Crippen LogP contribution in [0.1, 0.15) is 39.5 Å². The summed E-state index contributed by atoms with van der Waals surface area (Å²) in [7, 11) is -1.72. The fourth-order valence-corrected chi connectivity index (χ4v) is 4.86. The Bertz CT molecular complexity index is 742. The third kappa shape index (κ3) is 5.68. The molecule has 2 aliphatic rings. The molecule has 29 heavy (non-hydrogen) atoms. The van der Waals surface area contributed by atoms with E-state index in [1.54, 1.807) is 4.90 Å². The SMILES string of the molecule is CC(C)OC(=O)N1CCC(C2CC2CCOc2cc(F)c(S(C)=O)c(F)c2)CC1. The molecule has 0 radical (unpaired) electrons. The van der Waals surface area contributed by atoms with Crippen LogP contribution < -0.4 is 4.74 Å². The minimum Gasteiger partial charge on any atom is -0.493 e. The number of hydrogen-bond donors (Lipinski definition) is 0. The number of amides is 1. The van der Waals surface area contributed by atoms with Crippen molar-refractivity contribution in [1.29, 1.82) is 0 Å². The summed E-state index contributed by atoms with van der Waals surface area (Å²) >= 11 is 0. The lowest BCUT2D eigenvalue weighted by atomic mass is 9.91. The van der Waals surface area contributed by atoms with Crippen LogP contribution in [0.3, 0.4) is 0 Å². The third-order valence-corrected chi connectivity index (χ3v) is 6.70. The molecule has 3 rings (SSSR count). The van der Waals surface area contributed by atoms with E-state index in [9.17, 15) is 17.8 Å². The van der Waals surface area contributed by atoms with Crippen molar-refractivity contribution in [3.63, 3.8) is 0 Å². The lowest BCUT2D eigenvalue weighted by Gasteiger charge is -2.32. The van der Waals surface area contributed by atoms with Gasteiger partial charge in [0.25, 0.3) is 0 Å². The van der Waals surface area contributed by atoms with E-state index in [0.717, 1.165) is 50.9 Å². The molecular weight excluding hydrogens is 400 g/mol. The Kier molecular flexibility index (Phi) is 7.14. The molecule has 0 bridgehead atoms. The highest BCUT2D eigenvalue weighted by molar-refractivity contribution is 7.84. The minimum atomic E-state index is -1.72. The quantitative estimate of drug-likeness (QED) is 0.646. The summed E-state index contributed by atoms with van der Waals surface area (Å²) in [4.78, 5) is 13.3. The molecule has 1 saturated carbocycles. The zero-order valence-corrected chi connectivity index (χ0v) is 18.0. The van der Waals surface area contributed by atoms with E-state index < -0.39 is 27.3 Å². The lowest BCUT2D eigenvalue weighted by Crippen LogP contribution is -2.40. The highest BCUT2D eigenvalue weighted by atomic mass is 32.2. The van der Waals surface area contributed by atoms with Gasteiger partial charge in [0.2, 0.25) is 0 Å². The maximum Gasteiger partial charge on any atom is 0.410 e. The summed E-state index contributed by atoms with van der Waals surface area (Å²) < 4.78 is 49.9. The van der Waals surface area contributed by atoms with E-state index in [-0.39, 0.29) is 17.9 Å². The molecule has 1 amide bonds. The van der Waals surface area contributed by atoms with Gasteiger partial charge in [-0.3, -0.25) is 4.21 Å². The molecule has 1 aromatic rings. The normalized spacial score (nSPS) is 23.2. The van der Waals surface area contributed by atoms with Gasteiger partial charge in [-0.05, 0) is 57.3 Å². The lowest BCUT2D eigenvalue weighted by molar-refractivity contribution is 0.0633. The van der Waals surface area contributed by atoms with Crippen molar-refractivity contribution in [2.45, 2.75) is 50.5 Å². The van der Waals surface area contributed by atoms with E-state index >= 15 is 0 Å². The summed E-state index contributed by atoms with van der Waals surface area (Å²) in [6.45, 7) is 5.57. The number of likely N-dealkylation sites (tertiary alicyclic amines) is 1. The van der Waals surface area contributed by atoms with Gasteiger partial charge in [0.1, 0.15) is 22.3 Å². The highest BCUT2D eigenvalue weighted by Gasteiger charge is 2.43. The van der Waals surface area contributed by atoms with Crippen LogP contribution in [-0.2, 0) is 15.5 Å². The van der Waals surface area contributed by atoms with E-state index in [4.69, 9.17) is 9.47 Å². The number of carbonyl (C=O) groups is 1. The fraction of sp³-hybridized carbons (Fsp3) is 0.667. The van der Waals surface area contributed by atoms with Gasteiger partial charge in [-0.15, -0.1) is 0 Å². The predicted octanol–water partition coefficient (Wildman–Crippen LogP) is 4.36. The van der Waals surface area contributed by atoms with Gasteiger partial charge in [-0.1, -0.05) is 0 Å². The van der Waals surface area contributed by atoms with Crippen LogP contribution in [-0.4, -0.2) is 47.3 Å². The molecule has 1 aliphatic carbocycles. The van der Waals surface area contributed by atoms with Gasteiger partial charge in [0, 0.05) is 31.5 Å². The summed E-state index contributed by atoms with van der Waals surface area (Å²) in [5.41, 5.74) is 0. The maximum atomic E-state index is 13.9. The van der Waals surface area contributed by atoms with Crippen molar-refractivity contribution < 1.29 is 27.3 Å². The van der Waals surface area contributed by atoms with Crippen LogP contribution in [0.5, 0.6) is 5.75 Å². The van der Waals surface area contributed by atoms with Crippen LogP contribution in [0, 0.1) is 29.4 Å². The molecule has 1 saturated heterocycles. The van der Waals surface area contributed by atoms with Crippen molar-refractivity contribution in [3.8, 4) is 5.75 Å². The van der Waals surface area contributed by atoms with Crippen LogP contribution in [0.4, 0.5) is 13.6 Å². The molecule has 1 aliphatic heterocycles. The Balaban J connectivity index is 1.39. The smallest absolute Gasteiger partial charge is 0.410 e. The number of piperidine rings is 1. The Hall–Kier alpha value is -1.70. The number of ether oxygens (including phenoxy) is 2. The van der Waals surface area contributed by atoms with Crippen LogP contribution in [0.2, 0.25) is 0 Å². The largest absolute Gasteiger partial charge is 0.493 e. The molecule has 1 aromatic carbocycles. The molecule has 0 spiro atoms. The molecule has 8 heteroatoms. The average molecular weight is 430 g/mol. The van der Waals surface area contributed by atoms with Crippen LogP contribution in [0.25, 0.3) is 0 Å². The fourth-order valence-electron chi connectivity index (χ4n) is 4.19. The van der Waals surface area contributed by atoms with E-state index in [2.05, 4.69) is 0 Å². The first-order valence-corrected chi connectivity index (χ1v) is 11.7. The van der Waals surface area contributed by atoms with Gasteiger partial charge in [0.15, 0.2) is 0 Å². The van der Waals surface area contributed by atoms with Gasteiger partial charge >= 0.3 is 6.09 Å². The summed E-state index contributed by atoms with van der Waals surface area (Å²) in [5, 5.41) is 0. The molecular formula is C21H29F2NO4S. The van der Waals surface area contributed by atoms with Crippen LogP contribution >= 0.6 is 0 Å². The Labute approximate surface area is 173 Å². The van der Waals surface area contributed by atoms with Crippen molar-refractivity contribution in [2.75, 3.05) is 26.0 Å². The van der Waals surface area contributed by atoms with Crippen molar-refractivity contribution in [3.05, 3.63) is 23.8 Å². The molecule has 5 nitrogen and oxygen atoms in total. The molecule has 162 valence electrons. The van der Waals surface area contributed by atoms with Crippen molar-refractivity contribution >= 4 is 16.9 Å². The zero-order valence-electron chi connectivity index (χ0n) is 17.2. The molecule has 3 atom stereocenters. The first kappa shape index (κ1) is 22.0. The Morgan fingerprint density at radius 2 is 1.86 bits per heavy atom. The summed E-state index contributed by atoms with van der Waals surface area (Å²) in [5.74, 6) is 0.257. The van der Waals surface area contributed by atoms with Crippen molar-refractivity contribution in [2.24, 2.45) is 17.8 Å². The second-order valence-corrected chi connectivity index (χ2v) is 9.54. The highest BCUT2D eigenvalue weighted by Crippen LogP contribution is 2.49. The Morgan fingerprint density at radius 1 is 1.24 bits per heavy atom. The standard InChI is InChI=1S/C21H29F2NO4S/c1-13(2)28-21(25)24-7-4-14(5-8-24)17-10-15(17)6-9-27-16-11-18(22)20(29(3)26)19(23)12-16/h11-15,17H,4-10H2,1-3H3. The number of nitrogens with zero attached hydrogens (tertiary/aromatic N) is 1. The number of halogens is 2. The number of benzene rings is 1. The maximum absolute atomic E-state index is 13.9. The predicted molar refractivity (Wildman–Crippen MR) is 106 cm³/mol. The minimum absolute atomic E-state index is 0.102. The zero-order chi connectivity index (χ0) is 21.1. The van der Waals surface area contributed by atoms with Gasteiger partial charge in [-0.25, -0.2) is 13.6 Å². The summed E-state index contributed by atoms with van der Waals surface area (Å²) in [6.07, 6.45) is 4.87. The molecule has 0 aromatic heterocycles. The Morgan fingerprint density at radius 3 is 2.41 bits per heavy atom. The van der Waals surface area contributed by atoms with Gasteiger partial charge < -0.3 is 14.4 Å². The molecule has 0 N–H and O–H groups in total. The van der Waals surface area contributed by atoms with Crippen LogP contribution in [0.15, 0.2) is 17.0 Å². The molecule has 2 fully saturated rings. The van der Waals surface area contributed by atoms with Gasteiger partial charge in [-0.2, -0.15) is 0 Å². The third-order valence-electron chi connectivity index (χ3n) is 5.73. The first-order chi connectivity index (χ1) is 13.8. The first-order valence-electron chi connectivity index (χ1n) is 10.2. The number of hydrogen-bond acceptors (Lipinski definition) is 4. The van der Waals surface area contributed by atoms with E-state index in [1.165, 1.54) is 6.26 Å². The van der Waals surface area contributed by atoms with E-state index in [1.807, 2.05) is 13.8 Å². The van der Waals surface area contributed by atoms with Gasteiger partial charge in [0.05, 0.1) is 23.5 Å². The second kappa shape index (κ2) is 9.41. The monoisotopic (exact) mass is 429 g/mol.